The van der Waals surface area contributed by atoms with Crippen LogP contribution < -0.4 is 15.1 Å². The molecule has 1 atom stereocenters. The zero-order valence-electron chi connectivity index (χ0n) is 13.6. The maximum atomic E-state index is 12.5. The van der Waals surface area contributed by atoms with E-state index < -0.39 is 0 Å². The van der Waals surface area contributed by atoms with Crippen LogP contribution in [0, 0.1) is 0 Å². The van der Waals surface area contributed by atoms with Gasteiger partial charge >= 0.3 is 0 Å². The Hall–Kier alpha value is -1.85. The van der Waals surface area contributed by atoms with Gasteiger partial charge in [-0.15, -0.1) is 0 Å². The van der Waals surface area contributed by atoms with Crippen LogP contribution in [0.2, 0.25) is 0 Å². The highest BCUT2D eigenvalue weighted by Crippen LogP contribution is 2.28. The fourth-order valence-corrected chi connectivity index (χ4v) is 3.63. The average molecular weight is 315 g/mol. The van der Waals surface area contributed by atoms with Gasteiger partial charge in [0.15, 0.2) is 0 Å². The van der Waals surface area contributed by atoms with Crippen molar-refractivity contribution in [1.82, 2.24) is 15.3 Å². The molecule has 1 aliphatic carbocycles. The van der Waals surface area contributed by atoms with E-state index in [1.165, 1.54) is 19.3 Å². The maximum absolute atomic E-state index is 12.5. The first kappa shape index (κ1) is 14.7. The van der Waals surface area contributed by atoms with Crippen LogP contribution in [0.25, 0.3) is 0 Å². The largest absolute Gasteiger partial charge is 0.356 e. The van der Waals surface area contributed by atoms with Crippen LogP contribution in [0.1, 0.15) is 44.9 Å². The predicted octanol–water partition coefficient (Wildman–Crippen LogP) is 1.71. The highest BCUT2D eigenvalue weighted by atomic mass is 16.2. The van der Waals surface area contributed by atoms with Gasteiger partial charge in [-0.3, -0.25) is 4.79 Å². The van der Waals surface area contributed by atoms with Gasteiger partial charge in [-0.2, -0.15) is 0 Å². The molecule has 1 aromatic heterocycles. The van der Waals surface area contributed by atoms with Crippen LogP contribution in [-0.2, 0) is 4.79 Å². The Morgan fingerprint density at radius 1 is 1.00 bits per heavy atom. The molecule has 2 saturated heterocycles. The molecule has 1 saturated carbocycles. The second-order valence-electron chi connectivity index (χ2n) is 6.92. The van der Waals surface area contributed by atoms with Crippen molar-refractivity contribution in [1.29, 1.82) is 0 Å². The minimum absolute atomic E-state index is 0.0697. The van der Waals surface area contributed by atoms with Crippen molar-refractivity contribution in [3.05, 3.63) is 12.4 Å². The molecule has 1 amide bonds. The van der Waals surface area contributed by atoms with Gasteiger partial charge in [-0.1, -0.05) is 0 Å². The lowest BCUT2D eigenvalue weighted by Gasteiger charge is -2.29. The van der Waals surface area contributed by atoms with Gasteiger partial charge in [0.1, 0.15) is 24.0 Å². The quantitative estimate of drug-likeness (QED) is 0.916. The fourth-order valence-electron chi connectivity index (χ4n) is 3.63. The number of hydrogen-bond acceptors (Lipinski definition) is 5. The first-order chi connectivity index (χ1) is 11.3. The molecule has 1 unspecified atom stereocenters. The van der Waals surface area contributed by atoms with Crippen LogP contribution >= 0.6 is 0 Å². The monoisotopic (exact) mass is 315 g/mol. The normalized spacial score (nSPS) is 24.8. The summed E-state index contributed by atoms with van der Waals surface area (Å²) in [6.07, 6.45) is 9.64. The van der Waals surface area contributed by atoms with Crippen molar-refractivity contribution in [2.75, 3.05) is 29.4 Å². The number of hydrogen-bond donors (Lipinski definition) is 1. The van der Waals surface area contributed by atoms with Crippen molar-refractivity contribution in [2.45, 2.75) is 57.0 Å². The van der Waals surface area contributed by atoms with E-state index in [4.69, 9.17) is 0 Å². The van der Waals surface area contributed by atoms with Crippen molar-refractivity contribution in [2.24, 2.45) is 0 Å². The Bertz CT molecular complexity index is 568. The molecule has 23 heavy (non-hydrogen) atoms. The van der Waals surface area contributed by atoms with E-state index in [9.17, 15) is 4.79 Å². The lowest BCUT2D eigenvalue weighted by atomic mass is 10.1. The number of nitrogens with zero attached hydrogens (tertiary/aromatic N) is 4. The van der Waals surface area contributed by atoms with Gasteiger partial charge in [0, 0.05) is 31.7 Å². The molecule has 0 radical (unpaired) electrons. The van der Waals surface area contributed by atoms with Crippen molar-refractivity contribution < 1.29 is 4.79 Å². The van der Waals surface area contributed by atoms with Gasteiger partial charge in [0.2, 0.25) is 5.91 Å². The Balaban J connectivity index is 1.50. The van der Waals surface area contributed by atoms with E-state index in [-0.39, 0.29) is 11.9 Å². The summed E-state index contributed by atoms with van der Waals surface area (Å²) in [5.41, 5.74) is 0. The van der Waals surface area contributed by atoms with E-state index in [0.29, 0.717) is 6.04 Å². The first-order valence-corrected chi connectivity index (χ1v) is 8.95. The summed E-state index contributed by atoms with van der Waals surface area (Å²) in [5.74, 6) is 2.07. The standard InChI is InChI=1S/C17H25N5O/c23-17(20-13-6-7-13)14-5-4-10-22(14)16-11-15(18-12-19-16)21-8-2-1-3-9-21/h11-14H,1-10H2,(H,20,23). The van der Waals surface area contributed by atoms with Crippen LogP contribution in [0.4, 0.5) is 11.6 Å². The Labute approximate surface area is 137 Å². The molecule has 124 valence electrons. The zero-order valence-corrected chi connectivity index (χ0v) is 13.6. The highest BCUT2D eigenvalue weighted by molar-refractivity contribution is 5.86. The van der Waals surface area contributed by atoms with E-state index in [1.54, 1.807) is 6.33 Å². The summed E-state index contributed by atoms with van der Waals surface area (Å²) < 4.78 is 0. The van der Waals surface area contributed by atoms with E-state index in [0.717, 1.165) is 57.0 Å². The van der Waals surface area contributed by atoms with Crippen LogP contribution in [-0.4, -0.2) is 47.6 Å². The second-order valence-corrected chi connectivity index (χ2v) is 6.92. The number of anilines is 2. The summed E-state index contributed by atoms with van der Waals surface area (Å²) in [7, 11) is 0. The summed E-state index contributed by atoms with van der Waals surface area (Å²) >= 11 is 0. The molecule has 2 aliphatic heterocycles. The average Bonchev–Trinajstić information content (AvgIpc) is 3.27. The van der Waals surface area contributed by atoms with Crippen LogP contribution in [0.3, 0.4) is 0 Å². The minimum Gasteiger partial charge on any atom is -0.356 e. The molecule has 0 aromatic carbocycles. The van der Waals surface area contributed by atoms with Crippen molar-refractivity contribution in [3.8, 4) is 0 Å². The fraction of sp³-hybridized carbons (Fsp3) is 0.706. The topological polar surface area (TPSA) is 61.4 Å². The SMILES string of the molecule is O=C(NC1CC1)C1CCCN1c1cc(N2CCCCC2)ncn1. The molecule has 0 spiro atoms. The molecule has 1 aromatic rings. The number of nitrogens with one attached hydrogen (secondary N) is 1. The molecule has 6 nitrogen and oxygen atoms in total. The van der Waals surface area contributed by atoms with E-state index >= 15 is 0 Å². The van der Waals surface area contributed by atoms with Crippen LogP contribution in [0.5, 0.6) is 0 Å². The van der Waals surface area contributed by atoms with Gasteiger partial charge in [-0.05, 0) is 44.9 Å². The van der Waals surface area contributed by atoms with Crippen molar-refractivity contribution >= 4 is 17.5 Å². The molecule has 4 rings (SSSR count). The van der Waals surface area contributed by atoms with Gasteiger partial charge in [0.05, 0.1) is 0 Å². The third-order valence-electron chi connectivity index (χ3n) is 5.09. The molecule has 6 heteroatoms. The summed E-state index contributed by atoms with van der Waals surface area (Å²) in [5, 5.41) is 3.14. The number of carbonyl (C=O) groups is 1. The third kappa shape index (κ3) is 3.26. The summed E-state index contributed by atoms with van der Waals surface area (Å²) in [6.45, 7) is 3.04. The summed E-state index contributed by atoms with van der Waals surface area (Å²) in [6, 6.07) is 2.41. The lowest BCUT2D eigenvalue weighted by Crippen LogP contribution is -2.44. The number of carbonyl (C=O) groups excluding carboxylic acids is 1. The van der Waals surface area contributed by atoms with E-state index in [1.807, 2.05) is 0 Å². The number of amides is 1. The first-order valence-electron chi connectivity index (χ1n) is 8.95. The molecular formula is C17H25N5O. The van der Waals surface area contributed by atoms with Gasteiger partial charge in [0.25, 0.3) is 0 Å². The Morgan fingerprint density at radius 3 is 2.57 bits per heavy atom. The predicted molar refractivity (Wildman–Crippen MR) is 89.6 cm³/mol. The van der Waals surface area contributed by atoms with Crippen molar-refractivity contribution in [3.63, 3.8) is 0 Å². The molecule has 3 fully saturated rings. The van der Waals surface area contributed by atoms with Gasteiger partial charge < -0.3 is 15.1 Å². The number of piperidine rings is 1. The Kier molecular flexibility index (Phi) is 4.06. The smallest absolute Gasteiger partial charge is 0.242 e. The summed E-state index contributed by atoms with van der Waals surface area (Å²) in [4.78, 5) is 25.9. The third-order valence-corrected chi connectivity index (χ3v) is 5.09. The second kappa shape index (κ2) is 6.34. The Morgan fingerprint density at radius 2 is 1.78 bits per heavy atom. The van der Waals surface area contributed by atoms with Crippen LogP contribution in [0.15, 0.2) is 12.4 Å². The molecular weight excluding hydrogens is 290 g/mol. The molecule has 3 aliphatic rings. The maximum Gasteiger partial charge on any atom is 0.242 e. The lowest BCUT2D eigenvalue weighted by molar-refractivity contribution is -0.122. The minimum atomic E-state index is -0.0697. The number of rotatable bonds is 4. The highest BCUT2D eigenvalue weighted by Gasteiger charge is 2.34. The van der Waals surface area contributed by atoms with Gasteiger partial charge in [-0.25, -0.2) is 9.97 Å². The molecule has 1 N–H and O–H groups in total. The molecule has 0 bridgehead atoms. The zero-order chi connectivity index (χ0) is 15.6. The number of aromatic nitrogens is 2. The molecule has 3 heterocycles. The van der Waals surface area contributed by atoms with E-state index in [2.05, 4.69) is 31.2 Å².